The smallest absolute Gasteiger partial charge is 0.251 e. The Morgan fingerprint density at radius 2 is 1.81 bits per heavy atom. The Balaban J connectivity index is 1.31. The Kier molecular flexibility index (Phi) is 6.76. The maximum atomic E-state index is 12.4. The number of nitrogens with one attached hydrogen (secondary N) is 2. The monoisotopic (exact) mass is 384 g/mol. The van der Waals surface area contributed by atoms with Gasteiger partial charge in [-0.3, -0.25) is 14.4 Å². The minimum Gasteiger partial charge on any atom is -0.356 e. The van der Waals surface area contributed by atoms with Crippen molar-refractivity contribution in [3.05, 3.63) is 57.3 Å². The van der Waals surface area contributed by atoms with Crippen LogP contribution in [0, 0.1) is 0 Å². The number of carbonyl (C=O) groups excluding carboxylic acids is 3. The van der Waals surface area contributed by atoms with E-state index in [-0.39, 0.29) is 30.4 Å². The molecule has 0 unspecified atom stereocenters. The van der Waals surface area contributed by atoms with Gasteiger partial charge in [-0.15, -0.1) is 11.3 Å². The number of fused-ring (bicyclic) bond motifs is 1. The summed E-state index contributed by atoms with van der Waals surface area (Å²) in [6.07, 6.45) is 4.21. The fourth-order valence-corrected chi connectivity index (χ4v) is 4.02. The molecule has 142 valence electrons. The number of amides is 2. The molecule has 1 aromatic carbocycles. The number of benzene rings is 1. The Bertz CT molecular complexity index is 815. The molecule has 0 bridgehead atoms. The lowest BCUT2D eigenvalue weighted by molar-refractivity contribution is -0.121. The molecule has 0 spiro atoms. The number of rotatable bonds is 9. The zero-order chi connectivity index (χ0) is 19.1. The number of carbonyl (C=O) groups is 3. The van der Waals surface area contributed by atoms with E-state index in [0.29, 0.717) is 24.4 Å². The van der Waals surface area contributed by atoms with Crippen molar-refractivity contribution < 1.29 is 14.4 Å². The van der Waals surface area contributed by atoms with Gasteiger partial charge in [-0.05, 0) is 54.3 Å². The topological polar surface area (TPSA) is 75.3 Å². The van der Waals surface area contributed by atoms with Crippen molar-refractivity contribution in [1.82, 2.24) is 10.6 Å². The molecule has 0 saturated heterocycles. The predicted octanol–water partition coefficient (Wildman–Crippen LogP) is 3.14. The van der Waals surface area contributed by atoms with Gasteiger partial charge in [0.05, 0.1) is 4.88 Å². The fraction of sp³-hybridized carbons (Fsp3) is 0.381. The highest BCUT2D eigenvalue weighted by atomic mass is 32.1. The number of thiophene rings is 1. The summed E-state index contributed by atoms with van der Waals surface area (Å²) in [5, 5.41) is 7.58. The number of hydrogen-bond donors (Lipinski definition) is 2. The highest BCUT2D eigenvalue weighted by molar-refractivity contribution is 7.12. The molecule has 27 heavy (non-hydrogen) atoms. The predicted molar refractivity (Wildman–Crippen MR) is 106 cm³/mol. The average molecular weight is 385 g/mol. The van der Waals surface area contributed by atoms with Gasteiger partial charge in [-0.2, -0.15) is 0 Å². The second-order valence-electron chi connectivity index (χ2n) is 6.66. The summed E-state index contributed by atoms with van der Waals surface area (Å²) in [4.78, 5) is 36.7. The van der Waals surface area contributed by atoms with Gasteiger partial charge in [0.1, 0.15) is 0 Å². The second-order valence-corrected chi connectivity index (χ2v) is 7.60. The fourth-order valence-electron chi connectivity index (χ4n) is 3.32. The molecule has 0 radical (unpaired) electrons. The van der Waals surface area contributed by atoms with Crippen LogP contribution in [0.25, 0.3) is 0 Å². The van der Waals surface area contributed by atoms with Crippen molar-refractivity contribution >= 4 is 28.9 Å². The summed E-state index contributed by atoms with van der Waals surface area (Å²) in [5.41, 5.74) is 3.24. The Morgan fingerprint density at radius 1 is 0.963 bits per heavy atom. The lowest BCUT2D eigenvalue weighted by Gasteiger charge is -2.10. The zero-order valence-corrected chi connectivity index (χ0v) is 16.1. The molecule has 2 aromatic rings. The summed E-state index contributed by atoms with van der Waals surface area (Å²) in [7, 11) is 0. The molecule has 1 aliphatic carbocycles. The van der Waals surface area contributed by atoms with Crippen molar-refractivity contribution in [2.24, 2.45) is 0 Å². The van der Waals surface area contributed by atoms with E-state index in [4.69, 9.17) is 0 Å². The van der Waals surface area contributed by atoms with Gasteiger partial charge in [0.25, 0.3) is 5.91 Å². The largest absolute Gasteiger partial charge is 0.356 e. The van der Waals surface area contributed by atoms with Crippen LogP contribution in [-0.4, -0.2) is 30.7 Å². The lowest BCUT2D eigenvalue weighted by atomic mass is 10.0. The van der Waals surface area contributed by atoms with Gasteiger partial charge in [0, 0.05) is 31.5 Å². The van der Waals surface area contributed by atoms with Crippen LogP contribution >= 0.6 is 11.3 Å². The first-order valence-corrected chi connectivity index (χ1v) is 10.3. The Hall–Kier alpha value is -2.47. The summed E-state index contributed by atoms with van der Waals surface area (Å²) < 4.78 is 0. The summed E-state index contributed by atoms with van der Waals surface area (Å²) in [6, 6.07) is 9.52. The number of ketones is 1. The van der Waals surface area contributed by atoms with Crippen LogP contribution in [0.4, 0.5) is 0 Å². The Morgan fingerprint density at radius 3 is 2.63 bits per heavy atom. The van der Waals surface area contributed by atoms with Gasteiger partial charge < -0.3 is 10.6 Å². The highest BCUT2D eigenvalue weighted by Gasteiger charge is 2.18. The molecule has 0 atom stereocenters. The summed E-state index contributed by atoms with van der Waals surface area (Å²) >= 11 is 1.39. The van der Waals surface area contributed by atoms with Gasteiger partial charge in [0.15, 0.2) is 5.78 Å². The number of hydrogen-bond acceptors (Lipinski definition) is 4. The molecule has 0 fully saturated rings. The van der Waals surface area contributed by atoms with E-state index in [2.05, 4.69) is 16.7 Å². The van der Waals surface area contributed by atoms with E-state index in [9.17, 15) is 14.4 Å². The van der Waals surface area contributed by atoms with E-state index < -0.39 is 0 Å². The van der Waals surface area contributed by atoms with E-state index >= 15 is 0 Å². The van der Waals surface area contributed by atoms with Crippen LogP contribution in [0.3, 0.4) is 0 Å². The van der Waals surface area contributed by atoms with Crippen molar-refractivity contribution in [3.8, 4) is 0 Å². The molecule has 0 aliphatic heterocycles. The first-order valence-electron chi connectivity index (χ1n) is 9.37. The quantitative estimate of drug-likeness (QED) is 0.515. The molecule has 5 nitrogen and oxygen atoms in total. The van der Waals surface area contributed by atoms with Crippen molar-refractivity contribution in [3.63, 3.8) is 0 Å². The second kappa shape index (κ2) is 9.46. The standard InChI is InChI=1S/C21H24N2O3S/c24-18(19-9-3-14-27-19)10-11-20(25)22-12-4-13-23-21(26)17-8-2-6-15-5-1-7-16(15)17/h2-3,6,8-9,14H,1,4-5,7,10-13H2,(H,22,25)(H,23,26). The molecule has 0 saturated carbocycles. The van der Waals surface area contributed by atoms with Crippen molar-refractivity contribution in [2.45, 2.75) is 38.5 Å². The molecule has 1 heterocycles. The third-order valence-corrected chi connectivity index (χ3v) is 5.64. The third-order valence-electron chi connectivity index (χ3n) is 4.73. The van der Waals surface area contributed by atoms with E-state index in [1.165, 1.54) is 22.5 Å². The van der Waals surface area contributed by atoms with Crippen LogP contribution in [0.5, 0.6) is 0 Å². The SMILES string of the molecule is O=C(CCC(=O)c1cccs1)NCCCNC(=O)c1cccc2c1CCC2. The van der Waals surface area contributed by atoms with E-state index in [0.717, 1.165) is 24.8 Å². The first-order chi connectivity index (χ1) is 13.1. The van der Waals surface area contributed by atoms with Crippen molar-refractivity contribution in [1.29, 1.82) is 0 Å². The van der Waals surface area contributed by atoms with E-state index in [1.807, 2.05) is 23.6 Å². The number of aryl methyl sites for hydroxylation is 1. The molecule has 2 amide bonds. The molecule has 1 aliphatic rings. The van der Waals surface area contributed by atoms with Gasteiger partial charge in [0.2, 0.25) is 5.91 Å². The average Bonchev–Trinajstić information content (AvgIpc) is 3.36. The molecule has 1 aromatic heterocycles. The molecule has 3 rings (SSSR count). The minimum absolute atomic E-state index is 0.00260. The summed E-state index contributed by atoms with van der Waals surface area (Å²) in [5.74, 6) is -0.170. The molecule has 6 heteroatoms. The molecular weight excluding hydrogens is 360 g/mol. The van der Waals surface area contributed by atoms with Gasteiger partial charge >= 0.3 is 0 Å². The van der Waals surface area contributed by atoms with Crippen LogP contribution in [0.15, 0.2) is 35.7 Å². The maximum absolute atomic E-state index is 12.4. The van der Waals surface area contributed by atoms with Crippen LogP contribution in [0.2, 0.25) is 0 Å². The van der Waals surface area contributed by atoms with Gasteiger partial charge in [-0.1, -0.05) is 18.2 Å². The van der Waals surface area contributed by atoms with Crippen LogP contribution in [0.1, 0.15) is 56.8 Å². The highest BCUT2D eigenvalue weighted by Crippen LogP contribution is 2.25. The summed E-state index contributed by atoms with van der Waals surface area (Å²) in [6.45, 7) is 0.996. The first kappa shape index (κ1) is 19.3. The van der Waals surface area contributed by atoms with Crippen LogP contribution in [-0.2, 0) is 17.6 Å². The van der Waals surface area contributed by atoms with Crippen LogP contribution < -0.4 is 10.6 Å². The van der Waals surface area contributed by atoms with Gasteiger partial charge in [-0.25, -0.2) is 0 Å². The van der Waals surface area contributed by atoms with E-state index in [1.54, 1.807) is 6.07 Å². The lowest BCUT2D eigenvalue weighted by Crippen LogP contribution is -2.30. The van der Waals surface area contributed by atoms with Crippen molar-refractivity contribution in [2.75, 3.05) is 13.1 Å². The normalized spacial score (nSPS) is 12.4. The minimum atomic E-state index is -0.132. The number of Topliss-reactive ketones (excluding diaryl/α,β-unsaturated/α-hetero) is 1. The maximum Gasteiger partial charge on any atom is 0.251 e. The third kappa shape index (κ3) is 5.26. The molecule has 2 N–H and O–H groups in total. The zero-order valence-electron chi connectivity index (χ0n) is 15.3. The molecular formula is C21H24N2O3S. The Labute approximate surface area is 163 Å².